The predicted molar refractivity (Wildman–Crippen MR) is 115 cm³/mol. The normalized spacial score (nSPS) is 14.8. The Morgan fingerprint density at radius 2 is 1.97 bits per heavy atom. The molecule has 4 rings (SSSR count). The molecule has 0 saturated carbocycles. The van der Waals surface area contributed by atoms with Gasteiger partial charge in [0.15, 0.2) is 0 Å². The lowest BCUT2D eigenvalue weighted by Gasteiger charge is -2.34. The number of rotatable bonds is 7. The Morgan fingerprint density at radius 1 is 1.20 bits per heavy atom. The number of benzene rings is 1. The number of carbonyl (C=O) groups excluding carboxylic acids is 1. The molecule has 1 fully saturated rings. The van der Waals surface area contributed by atoms with E-state index in [1.165, 1.54) is 11.8 Å². The van der Waals surface area contributed by atoms with E-state index in [1.807, 2.05) is 29.2 Å². The van der Waals surface area contributed by atoms with E-state index < -0.39 is 0 Å². The van der Waals surface area contributed by atoms with Gasteiger partial charge in [-0.2, -0.15) is 0 Å². The van der Waals surface area contributed by atoms with Crippen molar-refractivity contribution in [2.24, 2.45) is 7.05 Å². The van der Waals surface area contributed by atoms with Gasteiger partial charge in [-0.05, 0) is 34.7 Å². The first-order valence-corrected chi connectivity index (χ1v) is 11.4. The van der Waals surface area contributed by atoms with Gasteiger partial charge in [0.1, 0.15) is 10.8 Å². The molecule has 1 aliphatic rings. The van der Waals surface area contributed by atoms with Gasteiger partial charge < -0.3 is 9.64 Å². The fourth-order valence-corrected chi connectivity index (χ4v) is 4.78. The number of amides is 1. The highest BCUT2D eigenvalue weighted by molar-refractivity contribution is 7.99. The number of nitrogens with zero attached hydrogens (tertiary/aromatic N) is 7. The van der Waals surface area contributed by atoms with Crippen LogP contribution in [0.5, 0.6) is 5.75 Å². The van der Waals surface area contributed by atoms with Crippen LogP contribution in [0.2, 0.25) is 0 Å². The first-order valence-electron chi connectivity index (χ1n) is 9.56. The molecule has 0 aliphatic carbocycles. The molecule has 0 spiro atoms. The van der Waals surface area contributed by atoms with E-state index in [-0.39, 0.29) is 5.91 Å². The average molecular weight is 446 g/mol. The van der Waals surface area contributed by atoms with E-state index in [0.29, 0.717) is 10.9 Å². The van der Waals surface area contributed by atoms with Gasteiger partial charge in [0.25, 0.3) is 0 Å². The third-order valence-electron chi connectivity index (χ3n) is 4.93. The average Bonchev–Trinajstić information content (AvgIpc) is 3.41. The molecule has 158 valence electrons. The molecule has 1 aromatic carbocycles. The summed E-state index contributed by atoms with van der Waals surface area (Å²) >= 11 is 3.04. The lowest BCUT2D eigenvalue weighted by Crippen LogP contribution is -2.48. The zero-order chi connectivity index (χ0) is 20.9. The Bertz CT molecular complexity index is 981. The summed E-state index contributed by atoms with van der Waals surface area (Å²) in [7, 11) is 3.43. The SMILES string of the molecule is COc1ccc(-c2csc(CN3CCN(C(=O)CSc4nnnn4C)CC3)n2)cc1. The quantitative estimate of drug-likeness (QED) is 0.509. The highest BCUT2D eigenvalue weighted by atomic mass is 32.2. The van der Waals surface area contributed by atoms with Crippen molar-refractivity contribution >= 4 is 29.0 Å². The second kappa shape index (κ2) is 9.54. The summed E-state index contributed by atoms with van der Waals surface area (Å²) in [6.07, 6.45) is 0. The van der Waals surface area contributed by atoms with Crippen LogP contribution in [0.25, 0.3) is 11.3 Å². The molecule has 0 unspecified atom stereocenters. The second-order valence-corrected chi connectivity index (χ2v) is 8.77. The van der Waals surface area contributed by atoms with Crippen LogP contribution in [-0.2, 0) is 18.4 Å². The van der Waals surface area contributed by atoms with Crippen molar-refractivity contribution in [1.29, 1.82) is 0 Å². The number of tetrazole rings is 1. The van der Waals surface area contributed by atoms with Crippen LogP contribution >= 0.6 is 23.1 Å². The van der Waals surface area contributed by atoms with Crippen molar-refractivity contribution in [2.75, 3.05) is 39.0 Å². The maximum Gasteiger partial charge on any atom is 0.233 e. The number of aromatic nitrogens is 5. The summed E-state index contributed by atoms with van der Waals surface area (Å²) in [5.74, 6) is 1.32. The molecule has 1 aliphatic heterocycles. The summed E-state index contributed by atoms with van der Waals surface area (Å²) in [4.78, 5) is 21.5. The Kier molecular flexibility index (Phi) is 6.60. The first-order chi connectivity index (χ1) is 14.6. The fraction of sp³-hybridized carbons (Fsp3) is 0.421. The summed E-state index contributed by atoms with van der Waals surface area (Å²) < 4.78 is 6.79. The smallest absolute Gasteiger partial charge is 0.233 e. The van der Waals surface area contributed by atoms with Gasteiger partial charge in [-0.1, -0.05) is 11.8 Å². The van der Waals surface area contributed by atoms with Crippen molar-refractivity contribution in [3.63, 3.8) is 0 Å². The van der Waals surface area contributed by atoms with E-state index in [4.69, 9.17) is 9.72 Å². The molecule has 0 atom stereocenters. The van der Waals surface area contributed by atoms with E-state index >= 15 is 0 Å². The molecular formula is C19H23N7O2S2. The standard InChI is InChI=1S/C19H23N7O2S2/c1-24-19(21-22-23-24)30-13-18(27)26-9-7-25(8-10-26)11-17-20-16(12-29-17)14-3-5-15(28-2)6-4-14/h3-6,12H,7-11,13H2,1-2H3. The maximum atomic E-state index is 12.5. The maximum absolute atomic E-state index is 12.5. The lowest BCUT2D eigenvalue weighted by atomic mass is 10.2. The Labute approximate surface area is 183 Å². The van der Waals surface area contributed by atoms with Crippen molar-refractivity contribution in [1.82, 2.24) is 35.0 Å². The molecule has 2 aromatic heterocycles. The summed E-state index contributed by atoms with van der Waals surface area (Å²) in [6.45, 7) is 3.96. The van der Waals surface area contributed by atoms with Gasteiger partial charge >= 0.3 is 0 Å². The molecule has 0 bridgehead atoms. The summed E-state index contributed by atoms with van der Waals surface area (Å²) in [5, 5.41) is 15.1. The molecule has 1 saturated heterocycles. The van der Waals surface area contributed by atoms with Crippen LogP contribution in [-0.4, -0.2) is 79.9 Å². The first kappa shape index (κ1) is 20.8. The largest absolute Gasteiger partial charge is 0.497 e. The molecule has 0 radical (unpaired) electrons. The van der Waals surface area contributed by atoms with Crippen molar-refractivity contribution in [2.45, 2.75) is 11.7 Å². The molecule has 1 amide bonds. The zero-order valence-corrected chi connectivity index (χ0v) is 18.5. The zero-order valence-electron chi connectivity index (χ0n) is 16.9. The summed E-state index contributed by atoms with van der Waals surface area (Å²) in [6, 6.07) is 7.95. The highest BCUT2D eigenvalue weighted by Gasteiger charge is 2.22. The van der Waals surface area contributed by atoms with Crippen LogP contribution in [0, 0.1) is 0 Å². The van der Waals surface area contributed by atoms with Crippen LogP contribution < -0.4 is 4.74 Å². The minimum absolute atomic E-state index is 0.124. The van der Waals surface area contributed by atoms with Crippen molar-refractivity contribution < 1.29 is 9.53 Å². The number of ether oxygens (including phenoxy) is 1. The van der Waals surface area contributed by atoms with Crippen LogP contribution in [0.3, 0.4) is 0 Å². The number of aryl methyl sites for hydroxylation is 1. The van der Waals surface area contributed by atoms with Crippen LogP contribution in [0.15, 0.2) is 34.8 Å². The monoisotopic (exact) mass is 445 g/mol. The van der Waals surface area contributed by atoms with Crippen molar-refractivity contribution in [3.8, 4) is 17.0 Å². The van der Waals surface area contributed by atoms with Crippen LogP contribution in [0.4, 0.5) is 0 Å². The van der Waals surface area contributed by atoms with Gasteiger partial charge in [0, 0.05) is 44.2 Å². The predicted octanol–water partition coefficient (Wildman–Crippen LogP) is 1.78. The molecular weight excluding hydrogens is 422 g/mol. The second-order valence-electron chi connectivity index (χ2n) is 6.89. The number of carbonyl (C=O) groups is 1. The van der Waals surface area contributed by atoms with Gasteiger partial charge in [0.2, 0.25) is 11.1 Å². The van der Waals surface area contributed by atoms with Gasteiger partial charge in [-0.25, -0.2) is 9.67 Å². The Morgan fingerprint density at radius 3 is 2.63 bits per heavy atom. The summed E-state index contributed by atoms with van der Waals surface area (Å²) in [5.41, 5.74) is 2.08. The Balaban J connectivity index is 1.25. The number of methoxy groups -OCH3 is 1. The minimum Gasteiger partial charge on any atom is -0.497 e. The van der Waals surface area contributed by atoms with Gasteiger partial charge in [-0.15, -0.1) is 16.4 Å². The van der Waals surface area contributed by atoms with E-state index in [9.17, 15) is 4.79 Å². The lowest BCUT2D eigenvalue weighted by molar-refractivity contribution is -0.130. The van der Waals surface area contributed by atoms with Crippen molar-refractivity contribution in [3.05, 3.63) is 34.7 Å². The third-order valence-corrected chi connectivity index (χ3v) is 6.76. The molecule has 11 heteroatoms. The highest BCUT2D eigenvalue weighted by Crippen LogP contribution is 2.25. The number of piperazine rings is 1. The number of thioether (sulfide) groups is 1. The molecule has 30 heavy (non-hydrogen) atoms. The fourth-order valence-electron chi connectivity index (χ4n) is 3.19. The van der Waals surface area contributed by atoms with Gasteiger partial charge in [-0.3, -0.25) is 9.69 Å². The number of hydrogen-bond donors (Lipinski definition) is 0. The van der Waals surface area contributed by atoms with E-state index in [1.54, 1.807) is 30.2 Å². The van der Waals surface area contributed by atoms with E-state index in [2.05, 4.69) is 25.8 Å². The molecule has 3 aromatic rings. The number of thiazole rings is 1. The molecule has 0 N–H and O–H groups in total. The Hall–Kier alpha value is -2.50. The molecule has 9 nitrogen and oxygen atoms in total. The van der Waals surface area contributed by atoms with Crippen LogP contribution in [0.1, 0.15) is 5.01 Å². The van der Waals surface area contributed by atoms with E-state index in [0.717, 1.165) is 54.7 Å². The minimum atomic E-state index is 0.124. The van der Waals surface area contributed by atoms with Gasteiger partial charge in [0.05, 0.1) is 25.1 Å². The molecule has 3 heterocycles. The topological polar surface area (TPSA) is 89.3 Å². The third kappa shape index (κ3) is 4.97. The number of hydrogen-bond acceptors (Lipinski definition) is 9.